The Morgan fingerprint density at radius 3 is 2.61 bits per heavy atom. The Kier molecular flexibility index (Phi) is 7.42. The van der Waals surface area contributed by atoms with Crippen LogP contribution in [0.1, 0.15) is 38.0 Å². The van der Waals surface area contributed by atoms with Gasteiger partial charge in [-0.15, -0.1) is 18.2 Å². The van der Waals surface area contributed by atoms with Gasteiger partial charge in [0, 0.05) is 38.8 Å². The van der Waals surface area contributed by atoms with Crippen LogP contribution in [-0.2, 0) is 37.7 Å². The Morgan fingerprint density at radius 2 is 1.87 bits per heavy atom. The molecule has 0 aliphatic heterocycles. The second-order valence-electron chi connectivity index (χ2n) is 7.58. The van der Waals surface area contributed by atoms with E-state index in [1.54, 1.807) is 0 Å². The zero-order valence-corrected chi connectivity index (χ0v) is 20.0. The fraction of sp³-hybridized carbons (Fsp3) is 0.231. The van der Waals surface area contributed by atoms with Gasteiger partial charge in [-0.25, -0.2) is 0 Å². The summed E-state index contributed by atoms with van der Waals surface area (Å²) in [5, 5.41) is 11.9. The van der Waals surface area contributed by atoms with Gasteiger partial charge in [-0.1, -0.05) is 35.2 Å². The molecule has 2 aromatic carbocycles. The van der Waals surface area contributed by atoms with Crippen LogP contribution in [0.3, 0.4) is 0 Å². The molecule has 0 bridgehead atoms. The number of aromatic nitrogens is 1. The summed E-state index contributed by atoms with van der Waals surface area (Å²) in [4.78, 5) is 14.7. The fourth-order valence-electron chi connectivity index (χ4n) is 4.02. The molecular weight excluding hydrogens is 567 g/mol. The van der Waals surface area contributed by atoms with Gasteiger partial charge in [0.15, 0.2) is 5.78 Å². The van der Waals surface area contributed by atoms with E-state index >= 15 is 0 Å². The van der Waals surface area contributed by atoms with E-state index in [4.69, 9.17) is 9.52 Å². The summed E-state index contributed by atoms with van der Waals surface area (Å²) in [5.74, 6) is 1.10. The van der Waals surface area contributed by atoms with Crippen molar-refractivity contribution in [3.05, 3.63) is 77.9 Å². The van der Waals surface area contributed by atoms with Crippen LogP contribution in [0.5, 0.6) is 0 Å². The minimum atomic E-state index is -0.125. The summed E-state index contributed by atoms with van der Waals surface area (Å²) in [7, 11) is 0. The summed E-state index contributed by atoms with van der Waals surface area (Å²) >= 11 is 0. The van der Waals surface area contributed by atoms with Crippen molar-refractivity contribution in [2.75, 3.05) is 0 Å². The van der Waals surface area contributed by atoms with E-state index in [2.05, 4.69) is 41.4 Å². The van der Waals surface area contributed by atoms with Gasteiger partial charge in [-0.3, -0.25) is 4.79 Å². The van der Waals surface area contributed by atoms with Gasteiger partial charge in [0.05, 0.1) is 17.1 Å². The molecule has 0 saturated heterocycles. The van der Waals surface area contributed by atoms with Crippen molar-refractivity contribution in [2.24, 2.45) is 0 Å². The molecule has 1 aliphatic rings. The van der Waals surface area contributed by atoms with Crippen molar-refractivity contribution < 1.29 is 34.4 Å². The number of carbonyl (C=O) groups excluding carboxylic acids is 1. The number of furan rings is 1. The molecule has 0 fully saturated rings. The predicted octanol–water partition coefficient (Wildman–Crippen LogP) is 6.36. The number of carbonyl (C=O) groups is 1. The Morgan fingerprint density at radius 1 is 1.10 bits per heavy atom. The molecule has 0 amide bonds. The van der Waals surface area contributed by atoms with E-state index < -0.39 is 0 Å². The molecule has 5 rings (SSSR count). The van der Waals surface area contributed by atoms with Gasteiger partial charge in [-0.05, 0) is 61.2 Å². The molecule has 0 spiro atoms. The molecule has 4 nitrogen and oxygen atoms in total. The van der Waals surface area contributed by atoms with Gasteiger partial charge in [-0.2, -0.15) is 0 Å². The van der Waals surface area contributed by atoms with Crippen LogP contribution in [0.4, 0.5) is 0 Å². The van der Waals surface area contributed by atoms with Gasteiger partial charge in [0.1, 0.15) is 0 Å². The minimum Gasteiger partial charge on any atom is -0.512 e. The SMILES string of the molecule is CC(=O)/C=C(/C)O.[Ir].[c-]1ccc2c3c(oc2c1-c1nccc2ccccc12)CCCC3. The average molecular weight is 591 g/mol. The molecule has 1 aliphatic carbocycles. The number of benzene rings is 2. The quantitative estimate of drug-likeness (QED) is 0.168. The van der Waals surface area contributed by atoms with E-state index in [1.165, 1.54) is 49.1 Å². The summed E-state index contributed by atoms with van der Waals surface area (Å²) in [6.45, 7) is 2.85. The average Bonchev–Trinajstić information content (AvgIpc) is 3.12. The predicted molar refractivity (Wildman–Crippen MR) is 119 cm³/mol. The zero-order valence-electron chi connectivity index (χ0n) is 17.6. The standard InChI is InChI=1S/C21H16NO.C5H8O2.Ir/c1-2-7-15-14(6-1)12-13-22-20(15)18-10-5-9-17-16-8-3-4-11-19(16)23-21(17)18;1-4(6)3-5(2)7;/h1-2,5-7,9,12-13H,3-4,8,11H2;3,6H,1-2H3;/q-1;;/b;4-3-;. The molecule has 1 radical (unpaired) electrons. The molecule has 161 valence electrons. The summed E-state index contributed by atoms with van der Waals surface area (Å²) in [6.07, 6.45) is 7.68. The van der Waals surface area contributed by atoms with Gasteiger partial charge >= 0.3 is 0 Å². The molecule has 0 saturated carbocycles. The van der Waals surface area contributed by atoms with Crippen LogP contribution >= 0.6 is 0 Å². The summed E-state index contributed by atoms with van der Waals surface area (Å²) < 4.78 is 6.25. The Bertz CT molecular complexity index is 1250. The largest absolute Gasteiger partial charge is 0.512 e. The molecule has 2 aromatic heterocycles. The molecule has 4 aromatic rings. The van der Waals surface area contributed by atoms with Crippen LogP contribution in [0.15, 0.2) is 64.9 Å². The Labute approximate surface area is 195 Å². The number of pyridine rings is 1. The van der Waals surface area contributed by atoms with Crippen molar-refractivity contribution >= 4 is 27.5 Å². The molecule has 1 N–H and O–H groups in total. The maximum absolute atomic E-state index is 10.0. The van der Waals surface area contributed by atoms with E-state index in [1.807, 2.05) is 18.3 Å². The minimum absolute atomic E-state index is 0. The van der Waals surface area contributed by atoms with Crippen LogP contribution in [-0.4, -0.2) is 15.9 Å². The first-order valence-corrected chi connectivity index (χ1v) is 10.2. The number of aliphatic hydroxyl groups excluding tert-OH is 1. The van der Waals surface area contributed by atoms with E-state index in [0.29, 0.717) is 0 Å². The summed E-state index contributed by atoms with van der Waals surface area (Å²) in [6, 6.07) is 17.9. The van der Waals surface area contributed by atoms with Crippen LogP contribution in [0.2, 0.25) is 0 Å². The maximum atomic E-state index is 10.0. The number of nitrogens with zero attached hydrogens (tertiary/aromatic N) is 1. The van der Waals surface area contributed by atoms with E-state index in [-0.39, 0.29) is 31.6 Å². The fourth-order valence-corrected chi connectivity index (χ4v) is 4.02. The smallest absolute Gasteiger partial charge is 0.155 e. The van der Waals surface area contributed by atoms with E-state index in [0.717, 1.165) is 40.8 Å². The zero-order chi connectivity index (χ0) is 21.1. The third-order valence-corrected chi connectivity index (χ3v) is 5.24. The number of aliphatic hydroxyl groups is 1. The second kappa shape index (κ2) is 10.0. The molecular formula is C26H24IrNO3-. The number of fused-ring (bicyclic) bond motifs is 4. The van der Waals surface area contributed by atoms with Crippen molar-refractivity contribution in [3.63, 3.8) is 0 Å². The third kappa shape index (κ3) is 4.95. The molecule has 2 heterocycles. The first-order chi connectivity index (χ1) is 14.5. The Balaban J connectivity index is 0.000000299. The van der Waals surface area contributed by atoms with Crippen molar-refractivity contribution in [1.29, 1.82) is 0 Å². The van der Waals surface area contributed by atoms with Crippen LogP contribution in [0.25, 0.3) is 33.0 Å². The number of hydrogen-bond acceptors (Lipinski definition) is 4. The maximum Gasteiger partial charge on any atom is 0.155 e. The van der Waals surface area contributed by atoms with Gasteiger partial charge < -0.3 is 14.5 Å². The molecule has 0 unspecified atom stereocenters. The molecule has 0 atom stereocenters. The molecule has 5 heteroatoms. The number of allylic oxidation sites excluding steroid dienone is 2. The first kappa shape index (κ1) is 22.9. The van der Waals surface area contributed by atoms with Crippen LogP contribution < -0.4 is 0 Å². The molecule has 31 heavy (non-hydrogen) atoms. The topological polar surface area (TPSA) is 63.3 Å². The number of ketones is 1. The third-order valence-electron chi connectivity index (χ3n) is 5.24. The number of hydrogen-bond donors (Lipinski definition) is 1. The number of aryl methyl sites for hydroxylation is 2. The summed E-state index contributed by atoms with van der Waals surface area (Å²) in [5.41, 5.74) is 4.28. The van der Waals surface area contributed by atoms with Gasteiger partial charge in [0.25, 0.3) is 0 Å². The van der Waals surface area contributed by atoms with Crippen LogP contribution in [0, 0.1) is 6.07 Å². The van der Waals surface area contributed by atoms with Crippen molar-refractivity contribution in [3.8, 4) is 11.3 Å². The second-order valence-corrected chi connectivity index (χ2v) is 7.58. The van der Waals surface area contributed by atoms with Crippen molar-refractivity contribution in [2.45, 2.75) is 39.5 Å². The first-order valence-electron chi connectivity index (χ1n) is 10.2. The normalized spacial score (nSPS) is 13.2. The van der Waals surface area contributed by atoms with Crippen molar-refractivity contribution in [1.82, 2.24) is 4.98 Å². The number of rotatable bonds is 2. The Hall–Kier alpha value is -2.75. The van der Waals surface area contributed by atoms with E-state index in [9.17, 15) is 4.79 Å². The van der Waals surface area contributed by atoms with Gasteiger partial charge in [0.2, 0.25) is 0 Å². The monoisotopic (exact) mass is 591 g/mol.